The standard InChI is InChI=1S/C19H19N7O2/c1-25-12-16-17(24-25)19(28)20-8-3-2-4-9-26-11-13(10-21-26)14-6-5-7-15(22-14)18(27)23-16/h3,5-8,10-12H,2,4,9H2,1H3,(H,20,28)(H,23,27)/b8-3-. The van der Waals surface area contributed by atoms with Crippen LogP contribution in [0.15, 0.2) is 49.1 Å². The van der Waals surface area contributed by atoms with Crippen molar-refractivity contribution in [1.82, 2.24) is 29.9 Å². The minimum atomic E-state index is -0.420. The van der Waals surface area contributed by atoms with Crippen LogP contribution in [-0.2, 0) is 13.6 Å². The summed E-state index contributed by atoms with van der Waals surface area (Å²) in [7, 11) is 1.69. The number of fused-ring (bicyclic) bond motifs is 6. The summed E-state index contributed by atoms with van der Waals surface area (Å²) in [4.78, 5) is 29.5. The van der Waals surface area contributed by atoms with Crippen molar-refractivity contribution in [2.24, 2.45) is 7.05 Å². The van der Waals surface area contributed by atoms with Crippen LogP contribution in [-0.4, -0.2) is 36.4 Å². The summed E-state index contributed by atoms with van der Waals surface area (Å²) in [5.74, 6) is -0.814. The van der Waals surface area contributed by atoms with E-state index in [1.54, 1.807) is 37.8 Å². The molecule has 3 aromatic rings. The quantitative estimate of drug-likeness (QED) is 0.623. The molecule has 1 aliphatic rings. The Balaban J connectivity index is 1.71. The normalized spacial score (nSPS) is 15.9. The molecule has 28 heavy (non-hydrogen) atoms. The largest absolute Gasteiger partial charge is 0.327 e. The summed E-state index contributed by atoms with van der Waals surface area (Å²) >= 11 is 0. The summed E-state index contributed by atoms with van der Waals surface area (Å²) in [6.07, 6.45) is 10.4. The zero-order valence-electron chi connectivity index (χ0n) is 15.3. The van der Waals surface area contributed by atoms with E-state index in [2.05, 4.69) is 25.8 Å². The SMILES string of the molecule is Cn1cc2c(n1)C(=O)N/C=C\CCCn1cc(cn1)-c1cccc(n1)C(=O)N2. The lowest BCUT2D eigenvalue weighted by atomic mass is 10.2. The molecule has 1 aliphatic heterocycles. The monoisotopic (exact) mass is 377 g/mol. The van der Waals surface area contributed by atoms with E-state index >= 15 is 0 Å². The second-order valence-electron chi connectivity index (χ2n) is 6.44. The molecule has 9 heteroatoms. The zero-order valence-corrected chi connectivity index (χ0v) is 15.3. The number of rotatable bonds is 0. The third-order valence-corrected chi connectivity index (χ3v) is 4.29. The van der Waals surface area contributed by atoms with Crippen LogP contribution in [0.25, 0.3) is 11.3 Å². The van der Waals surface area contributed by atoms with Crippen molar-refractivity contribution in [2.45, 2.75) is 19.4 Å². The van der Waals surface area contributed by atoms with Gasteiger partial charge >= 0.3 is 0 Å². The van der Waals surface area contributed by atoms with Gasteiger partial charge in [-0.15, -0.1) is 0 Å². The van der Waals surface area contributed by atoms with E-state index in [4.69, 9.17) is 0 Å². The van der Waals surface area contributed by atoms with Crippen LogP contribution in [0.3, 0.4) is 0 Å². The molecule has 9 nitrogen and oxygen atoms in total. The minimum Gasteiger partial charge on any atom is -0.327 e. The second-order valence-corrected chi connectivity index (χ2v) is 6.44. The number of hydrogen-bond acceptors (Lipinski definition) is 5. The van der Waals surface area contributed by atoms with E-state index in [1.165, 1.54) is 4.68 Å². The van der Waals surface area contributed by atoms with Gasteiger partial charge in [0, 0.05) is 37.7 Å². The van der Waals surface area contributed by atoms with E-state index in [9.17, 15) is 9.59 Å². The number of carbonyl (C=O) groups excluding carboxylic acids is 2. The summed E-state index contributed by atoms with van der Waals surface area (Å²) < 4.78 is 3.32. The molecule has 0 spiro atoms. The fraction of sp³-hybridized carbons (Fsp3) is 0.211. The molecule has 3 aromatic heterocycles. The summed E-state index contributed by atoms with van der Waals surface area (Å²) in [6, 6.07) is 5.22. The molecular formula is C19H19N7O2. The Labute approximate surface area is 161 Å². The first-order valence-corrected chi connectivity index (χ1v) is 8.91. The van der Waals surface area contributed by atoms with Crippen molar-refractivity contribution in [3.63, 3.8) is 0 Å². The number of nitrogens with zero attached hydrogens (tertiary/aromatic N) is 5. The topological polar surface area (TPSA) is 107 Å². The maximum Gasteiger partial charge on any atom is 0.277 e. The number of carbonyl (C=O) groups is 2. The van der Waals surface area contributed by atoms with Gasteiger partial charge in [-0.25, -0.2) is 4.98 Å². The Bertz CT molecular complexity index is 1060. The molecule has 2 amide bonds. The van der Waals surface area contributed by atoms with Crippen LogP contribution >= 0.6 is 0 Å². The number of aromatic nitrogens is 5. The molecule has 4 heterocycles. The van der Waals surface area contributed by atoms with Crippen LogP contribution in [0.5, 0.6) is 0 Å². The van der Waals surface area contributed by atoms with Crippen molar-refractivity contribution >= 4 is 17.5 Å². The average molecular weight is 377 g/mol. The molecule has 0 fully saturated rings. The molecule has 0 aliphatic carbocycles. The first-order valence-electron chi connectivity index (χ1n) is 8.91. The summed E-state index contributed by atoms with van der Waals surface area (Å²) in [5.41, 5.74) is 2.20. The number of allylic oxidation sites excluding steroid dienone is 1. The predicted molar refractivity (Wildman–Crippen MR) is 102 cm³/mol. The van der Waals surface area contributed by atoms with E-state index < -0.39 is 11.8 Å². The maximum atomic E-state index is 12.7. The molecule has 0 radical (unpaired) electrons. The van der Waals surface area contributed by atoms with Crippen molar-refractivity contribution in [3.05, 3.63) is 60.5 Å². The van der Waals surface area contributed by atoms with Gasteiger partial charge in [0.05, 0.1) is 17.6 Å². The molecule has 0 atom stereocenters. The molecule has 0 saturated carbocycles. The number of aryl methyl sites for hydroxylation is 2. The second kappa shape index (κ2) is 7.47. The zero-order chi connectivity index (χ0) is 19.5. The highest BCUT2D eigenvalue weighted by molar-refractivity contribution is 6.07. The Kier molecular flexibility index (Phi) is 4.71. The van der Waals surface area contributed by atoms with Crippen LogP contribution in [0.1, 0.15) is 33.8 Å². The van der Waals surface area contributed by atoms with E-state index in [0.717, 1.165) is 24.9 Å². The number of nitrogens with one attached hydrogen (secondary N) is 2. The van der Waals surface area contributed by atoms with E-state index in [1.807, 2.05) is 23.0 Å². The maximum absolute atomic E-state index is 12.7. The van der Waals surface area contributed by atoms with E-state index in [-0.39, 0.29) is 11.4 Å². The molecule has 2 N–H and O–H groups in total. The van der Waals surface area contributed by atoms with Gasteiger partial charge < -0.3 is 10.6 Å². The third-order valence-electron chi connectivity index (χ3n) is 4.29. The van der Waals surface area contributed by atoms with Crippen LogP contribution in [0.2, 0.25) is 0 Å². The van der Waals surface area contributed by atoms with Crippen LogP contribution in [0, 0.1) is 0 Å². The van der Waals surface area contributed by atoms with Crippen molar-refractivity contribution in [3.8, 4) is 11.3 Å². The first kappa shape index (κ1) is 17.7. The molecule has 4 rings (SSSR count). The molecular weight excluding hydrogens is 358 g/mol. The van der Waals surface area contributed by atoms with Gasteiger partial charge in [0.1, 0.15) is 5.69 Å². The van der Waals surface area contributed by atoms with Gasteiger partial charge in [0.15, 0.2) is 5.69 Å². The number of hydrogen-bond donors (Lipinski definition) is 2. The predicted octanol–water partition coefficient (Wildman–Crippen LogP) is 1.97. The highest BCUT2D eigenvalue weighted by Gasteiger charge is 2.19. The summed E-state index contributed by atoms with van der Waals surface area (Å²) in [5, 5.41) is 13.9. The van der Waals surface area contributed by atoms with Crippen molar-refractivity contribution in [2.75, 3.05) is 5.32 Å². The Morgan fingerprint density at radius 3 is 2.86 bits per heavy atom. The fourth-order valence-electron chi connectivity index (χ4n) is 2.93. The molecule has 0 saturated heterocycles. The molecule has 0 aromatic carbocycles. The number of anilines is 1. The van der Waals surface area contributed by atoms with Crippen LogP contribution in [0.4, 0.5) is 5.69 Å². The Morgan fingerprint density at radius 2 is 1.96 bits per heavy atom. The van der Waals surface area contributed by atoms with Gasteiger partial charge in [-0.1, -0.05) is 12.1 Å². The molecule has 4 bridgehead atoms. The van der Waals surface area contributed by atoms with Gasteiger partial charge in [0.2, 0.25) is 0 Å². The van der Waals surface area contributed by atoms with Crippen molar-refractivity contribution in [1.29, 1.82) is 0 Å². The Hall–Kier alpha value is -3.75. The highest BCUT2D eigenvalue weighted by atomic mass is 16.2. The summed E-state index contributed by atoms with van der Waals surface area (Å²) in [6.45, 7) is 0.739. The van der Waals surface area contributed by atoms with Gasteiger partial charge in [-0.2, -0.15) is 10.2 Å². The van der Waals surface area contributed by atoms with Gasteiger partial charge in [0.25, 0.3) is 11.8 Å². The first-order chi connectivity index (χ1) is 13.6. The number of amides is 2. The van der Waals surface area contributed by atoms with Gasteiger partial charge in [-0.3, -0.25) is 19.0 Å². The lowest BCUT2D eigenvalue weighted by Gasteiger charge is -2.05. The van der Waals surface area contributed by atoms with Crippen molar-refractivity contribution < 1.29 is 9.59 Å². The molecule has 142 valence electrons. The fourth-order valence-corrected chi connectivity index (χ4v) is 2.93. The van der Waals surface area contributed by atoms with Crippen LogP contribution < -0.4 is 10.6 Å². The molecule has 0 unspecified atom stereocenters. The Morgan fingerprint density at radius 1 is 1.11 bits per heavy atom. The minimum absolute atomic E-state index is 0.140. The van der Waals surface area contributed by atoms with Gasteiger partial charge in [-0.05, 0) is 25.0 Å². The number of pyridine rings is 1. The lowest BCUT2D eigenvalue weighted by Crippen LogP contribution is -2.21. The lowest BCUT2D eigenvalue weighted by molar-refractivity contribution is 0.0965. The highest BCUT2D eigenvalue weighted by Crippen LogP contribution is 2.19. The van der Waals surface area contributed by atoms with E-state index in [0.29, 0.717) is 11.4 Å². The average Bonchev–Trinajstić information content (AvgIpc) is 3.30. The smallest absolute Gasteiger partial charge is 0.277 e. The third kappa shape index (κ3) is 3.68.